The molecule has 10 heteroatoms. The van der Waals surface area contributed by atoms with Gasteiger partial charge in [-0.2, -0.15) is 0 Å². The first-order valence-corrected chi connectivity index (χ1v) is 10.2. The average molecular weight is 484 g/mol. The first kappa shape index (κ1) is 20.4. The maximum absolute atomic E-state index is 12.1. The van der Waals surface area contributed by atoms with Crippen molar-refractivity contribution in [3.8, 4) is 5.75 Å². The molecule has 3 aromatic rings. The van der Waals surface area contributed by atoms with Gasteiger partial charge in [0.15, 0.2) is 0 Å². The SMILES string of the molecule is Cn1cc(Br)cc1C(=O)NNC(=O)Cc1csc(COc2ccc(Cl)cc2)n1. The zero-order valence-corrected chi connectivity index (χ0v) is 17.9. The van der Waals surface area contributed by atoms with Gasteiger partial charge in [0.05, 0.1) is 12.1 Å². The lowest BCUT2D eigenvalue weighted by Gasteiger charge is -2.07. The minimum atomic E-state index is -0.406. The molecule has 28 heavy (non-hydrogen) atoms. The summed E-state index contributed by atoms with van der Waals surface area (Å²) in [6.45, 7) is 0.299. The highest BCUT2D eigenvalue weighted by Crippen LogP contribution is 2.18. The van der Waals surface area contributed by atoms with Crippen LogP contribution in [0, 0.1) is 0 Å². The molecule has 0 aliphatic carbocycles. The van der Waals surface area contributed by atoms with E-state index < -0.39 is 5.91 Å². The molecule has 2 heterocycles. The van der Waals surface area contributed by atoms with E-state index in [9.17, 15) is 9.59 Å². The summed E-state index contributed by atoms with van der Waals surface area (Å²) in [6.07, 6.45) is 1.80. The smallest absolute Gasteiger partial charge is 0.286 e. The monoisotopic (exact) mass is 482 g/mol. The van der Waals surface area contributed by atoms with Crippen LogP contribution in [0.5, 0.6) is 5.75 Å². The molecule has 0 aliphatic rings. The van der Waals surface area contributed by atoms with Gasteiger partial charge >= 0.3 is 0 Å². The van der Waals surface area contributed by atoms with E-state index in [4.69, 9.17) is 16.3 Å². The van der Waals surface area contributed by atoms with Crippen LogP contribution in [0.15, 0.2) is 46.4 Å². The van der Waals surface area contributed by atoms with Gasteiger partial charge in [0.25, 0.3) is 5.91 Å². The van der Waals surface area contributed by atoms with Crippen molar-refractivity contribution in [3.63, 3.8) is 0 Å². The number of thiazole rings is 1. The van der Waals surface area contributed by atoms with Crippen molar-refractivity contribution in [2.45, 2.75) is 13.0 Å². The minimum absolute atomic E-state index is 0.0502. The standard InChI is InChI=1S/C18H16BrClN4O3S/c1-24-8-11(19)6-15(24)18(26)23-22-16(25)7-13-10-28-17(21-13)9-27-14-4-2-12(20)3-5-14/h2-6,8,10H,7,9H2,1H3,(H,22,25)(H,23,26). The second-order valence-corrected chi connectivity index (χ2v) is 8.10. The number of halogens is 2. The molecule has 1 aromatic carbocycles. The molecule has 2 N–H and O–H groups in total. The third kappa shape index (κ3) is 5.57. The van der Waals surface area contributed by atoms with E-state index in [1.54, 1.807) is 53.5 Å². The zero-order chi connectivity index (χ0) is 20.1. The van der Waals surface area contributed by atoms with Crippen molar-refractivity contribution in [2.75, 3.05) is 0 Å². The number of ether oxygens (including phenoxy) is 1. The van der Waals surface area contributed by atoms with Gasteiger partial charge in [-0.1, -0.05) is 11.6 Å². The summed E-state index contributed by atoms with van der Waals surface area (Å²) < 4.78 is 8.06. The molecule has 7 nitrogen and oxygen atoms in total. The summed E-state index contributed by atoms with van der Waals surface area (Å²) in [5, 5.41) is 3.17. The highest BCUT2D eigenvalue weighted by molar-refractivity contribution is 9.10. The van der Waals surface area contributed by atoms with Crippen LogP contribution in [0.2, 0.25) is 5.02 Å². The minimum Gasteiger partial charge on any atom is -0.486 e. The number of nitrogens with one attached hydrogen (secondary N) is 2. The quantitative estimate of drug-likeness (QED) is 0.526. The molecular formula is C18H16BrClN4O3S. The van der Waals surface area contributed by atoms with E-state index >= 15 is 0 Å². The number of aromatic nitrogens is 2. The van der Waals surface area contributed by atoms with Crippen LogP contribution >= 0.6 is 38.9 Å². The highest BCUT2D eigenvalue weighted by atomic mass is 79.9. The Labute approximate surface area is 178 Å². The lowest BCUT2D eigenvalue weighted by atomic mass is 10.3. The fraction of sp³-hybridized carbons (Fsp3) is 0.167. The molecule has 0 saturated carbocycles. The molecule has 3 rings (SSSR count). The van der Waals surface area contributed by atoms with Gasteiger partial charge in [-0.15, -0.1) is 11.3 Å². The van der Waals surface area contributed by atoms with Gasteiger partial charge in [-0.3, -0.25) is 20.4 Å². The highest BCUT2D eigenvalue weighted by Gasteiger charge is 2.13. The number of amides is 2. The zero-order valence-electron chi connectivity index (χ0n) is 14.7. The molecule has 0 radical (unpaired) electrons. The summed E-state index contributed by atoms with van der Waals surface area (Å²) in [7, 11) is 1.74. The third-order valence-electron chi connectivity index (χ3n) is 3.64. The Morgan fingerprint density at radius 2 is 2.04 bits per heavy atom. The van der Waals surface area contributed by atoms with Crippen LogP contribution in [0.3, 0.4) is 0 Å². The number of benzene rings is 1. The van der Waals surface area contributed by atoms with Crippen molar-refractivity contribution >= 4 is 50.7 Å². The van der Waals surface area contributed by atoms with Gasteiger partial charge in [0.1, 0.15) is 23.1 Å². The van der Waals surface area contributed by atoms with Crippen LogP contribution in [-0.2, 0) is 24.9 Å². The molecule has 2 aromatic heterocycles. The Kier molecular flexibility index (Phi) is 6.71. The Bertz CT molecular complexity index is 987. The summed E-state index contributed by atoms with van der Waals surface area (Å²) in [6, 6.07) is 8.71. The van der Waals surface area contributed by atoms with E-state index in [0.717, 1.165) is 9.48 Å². The first-order chi connectivity index (χ1) is 13.4. The summed E-state index contributed by atoms with van der Waals surface area (Å²) in [5.74, 6) is -0.0807. The van der Waals surface area contributed by atoms with Crippen molar-refractivity contribution in [1.29, 1.82) is 0 Å². The van der Waals surface area contributed by atoms with Crippen molar-refractivity contribution in [1.82, 2.24) is 20.4 Å². The largest absolute Gasteiger partial charge is 0.486 e. The number of carbonyl (C=O) groups is 2. The predicted molar refractivity (Wildman–Crippen MR) is 110 cm³/mol. The fourth-order valence-corrected chi connectivity index (χ4v) is 3.68. The molecule has 0 fully saturated rings. The second kappa shape index (κ2) is 9.22. The Hall–Kier alpha value is -2.36. The molecule has 2 amide bonds. The summed E-state index contributed by atoms with van der Waals surface area (Å²) in [5.41, 5.74) is 5.81. The maximum atomic E-state index is 12.1. The fourth-order valence-electron chi connectivity index (χ4n) is 2.32. The molecule has 0 aliphatic heterocycles. The van der Waals surface area contributed by atoms with Crippen molar-refractivity contribution in [2.24, 2.45) is 7.05 Å². The number of hydrazine groups is 1. The summed E-state index contributed by atoms with van der Waals surface area (Å²) >= 11 is 10.5. The van der Waals surface area contributed by atoms with E-state index in [-0.39, 0.29) is 12.3 Å². The van der Waals surface area contributed by atoms with Gasteiger partial charge < -0.3 is 9.30 Å². The van der Waals surface area contributed by atoms with Gasteiger partial charge in [0, 0.05) is 28.1 Å². The molecule has 0 unspecified atom stereocenters. The Morgan fingerprint density at radius 3 is 2.71 bits per heavy atom. The molecule has 146 valence electrons. The van der Waals surface area contributed by atoms with Crippen LogP contribution in [0.25, 0.3) is 0 Å². The van der Waals surface area contributed by atoms with Gasteiger partial charge in [-0.05, 0) is 46.3 Å². The van der Waals surface area contributed by atoms with E-state index in [2.05, 4.69) is 31.8 Å². The molecule has 0 atom stereocenters. The van der Waals surface area contributed by atoms with Crippen LogP contribution in [-0.4, -0.2) is 21.4 Å². The van der Waals surface area contributed by atoms with E-state index in [0.29, 0.717) is 28.8 Å². The number of aryl methyl sites for hydroxylation is 1. The normalized spacial score (nSPS) is 10.5. The van der Waals surface area contributed by atoms with E-state index in [1.165, 1.54) is 11.3 Å². The first-order valence-electron chi connectivity index (χ1n) is 8.13. The van der Waals surface area contributed by atoms with Gasteiger partial charge in [0.2, 0.25) is 5.91 Å². The third-order valence-corrected chi connectivity index (χ3v) is 5.19. The lowest BCUT2D eigenvalue weighted by Crippen LogP contribution is -2.43. The van der Waals surface area contributed by atoms with Crippen molar-refractivity contribution in [3.05, 3.63) is 67.8 Å². The Balaban J connectivity index is 1.46. The topological polar surface area (TPSA) is 85.2 Å². The van der Waals surface area contributed by atoms with Crippen molar-refractivity contribution < 1.29 is 14.3 Å². The Morgan fingerprint density at radius 1 is 1.29 bits per heavy atom. The van der Waals surface area contributed by atoms with E-state index in [1.807, 2.05) is 0 Å². The lowest BCUT2D eigenvalue weighted by molar-refractivity contribution is -0.121. The molecule has 0 spiro atoms. The number of hydrogen-bond donors (Lipinski definition) is 2. The summed E-state index contributed by atoms with van der Waals surface area (Å²) in [4.78, 5) is 28.5. The molecular weight excluding hydrogens is 468 g/mol. The van der Waals surface area contributed by atoms with Crippen LogP contribution in [0.1, 0.15) is 21.2 Å². The van der Waals surface area contributed by atoms with Crippen LogP contribution < -0.4 is 15.6 Å². The number of rotatable bonds is 6. The second-order valence-electron chi connectivity index (χ2n) is 5.81. The number of hydrogen-bond acceptors (Lipinski definition) is 5. The molecule has 0 bridgehead atoms. The predicted octanol–water partition coefficient (Wildman–Crippen LogP) is 3.48. The maximum Gasteiger partial charge on any atom is 0.286 e. The average Bonchev–Trinajstić information content (AvgIpc) is 3.24. The number of nitrogens with zero attached hydrogens (tertiary/aromatic N) is 2. The van der Waals surface area contributed by atoms with Crippen LogP contribution in [0.4, 0.5) is 0 Å². The molecule has 0 saturated heterocycles. The van der Waals surface area contributed by atoms with Gasteiger partial charge in [-0.25, -0.2) is 4.98 Å². The number of carbonyl (C=O) groups excluding carboxylic acids is 2.